The first-order valence-electron chi connectivity index (χ1n) is 16.8. The molecule has 14 heteroatoms. The number of rotatable bonds is 12. The summed E-state index contributed by atoms with van der Waals surface area (Å²) < 4.78 is 23.6. The molecule has 0 radical (unpaired) electrons. The average Bonchev–Trinajstić information content (AvgIpc) is 3.59. The Labute approximate surface area is 290 Å². The predicted molar refractivity (Wildman–Crippen MR) is 184 cm³/mol. The van der Waals surface area contributed by atoms with E-state index < -0.39 is 17.7 Å². The summed E-state index contributed by atoms with van der Waals surface area (Å²) in [6.45, 7) is 4.18. The Kier molecular flexibility index (Phi) is 9.47. The number of ether oxygens (including phenoxy) is 1. The van der Waals surface area contributed by atoms with Gasteiger partial charge in [-0.05, 0) is 36.6 Å². The number of nitrogens with zero attached hydrogens (tertiary/aromatic N) is 6. The molecule has 6 rings (SSSR count). The van der Waals surface area contributed by atoms with Gasteiger partial charge >= 0.3 is 5.97 Å². The van der Waals surface area contributed by atoms with Crippen molar-refractivity contribution >= 4 is 51.3 Å². The molecule has 2 fully saturated rings. The second-order valence-corrected chi connectivity index (χ2v) is 14.0. The molecule has 0 atom stereocenters. The van der Waals surface area contributed by atoms with E-state index in [-0.39, 0.29) is 68.8 Å². The number of benzene rings is 2. The largest absolute Gasteiger partial charge is 0.468 e. The number of fused-ring (bicyclic) bond motifs is 2. The first kappa shape index (κ1) is 34.7. The number of likely N-dealkylation sites (tertiary alicyclic amines) is 1. The summed E-state index contributed by atoms with van der Waals surface area (Å²) in [7, 11) is 4.51. The lowest BCUT2D eigenvalue weighted by atomic mass is 9.56. The summed E-state index contributed by atoms with van der Waals surface area (Å²) in [5.74, 6) is -1.90. The number of carbonyl (C=O) groups excluding carboxylic acids is 5. The SMILES string of the molecule is COC(=O)CNC(=O)CN(C)C(=O)Cn1nc(C2CC3(C2)CN(C(=O)CCC(=O)C(C)C)C3)c2c(-c3cc4c(cnn4C)cc3F)cccc21.[HH]. The molecule has 1 aliphatic heterocycles. The standard InChI is InChI=1S/C36H42FN7O6.H2/c1-21(2)29(45)9-10-31(47)43-19-36(20-43)13-23(14-36)35-34-24(25-12-28-22(11-26(25)37)15-39-42(28)4)7-6-8-27(34)44(40-35)18-32(48)41(3)17-30(46)38-16-33(49)50-5;/h6-8,11-12,15,21,23H,9-10,13-14,16-20H2,1-5H3,(H,38,46);1H. The summed E-state index contributed by atoms with van der Waals surface area (Å²) in [4.78, 5) is 65.0. The van der Waals surface area contributed by atoms with Gasteiger partial charge in [-0.1, -0.05) is 26.0 Å². The van der Waals surface area contributed by atoms with E-state index in [0.717, 1.165) is 29.4 Å². The first-order valence-corrected chi connectivity index (χ1v) is 16.8. The number of methoxy groups -OCH3 is 1. The second-order valence-electron chi connectivity index (χ2n) is 14.0. The smallest absolute Gasteiger partial charge is 0.325 e. The summed E-state index contributed by atoms with van der Waals surface area (Å²) in [5, 5.41) is 13.1. The van der Waals surface area contributed by atoms with Crippen LogP contribution in [-0.2, 0) is 42.3 Å². The Balaban J connectivity index is 0.00000504. The van der Waals surface area contributed by atoms with Crippen LogP contribution < -0.4 is 5.32 Å². The number of aryl methyl sites for hydroxylation is 1. The maximum Gasteiger partial charge on any atom is 0.325 e. The molecule has 2 aliphatic rings. The monoisotopic (exact) mass is 689 g/mol. The summed E-state index contributed by atoms with van der Waals surface area (Å²) >= 11 is 0. The fourth-order valence-corrected chi connectivity index (χ4v) is 7.17. The number of hydrogen-bond donors (Lipinski definition) is 1. The molecule has 2 aromatic carbocycles. The summed E-state index contributed by atoms with van der Waals surface area (Å²) in [5.41, 5.74) is 3.17. The minimum absolute atomic E-state index is 0. The highest BCUT2D eigenvalue weighted by Crippen LogP contribution is 2.57. The van der Waals surface area contributed by atoms with Gasteiger partial charge in [0.15, 0.2) is 0 Å². The Morgan fingerprint density at radius 2 is 1.84 bits per heavy atom. The van der Waals surface area contributed by atoms with Crippen molar-refractivity contribution in [2.45, 2.75) is 52.0 Å². The van der Waals surface area contributed by atoms with Gasteiger partial charge in [0.25, 0.3) is 0 Å². The number of Topliss-reactive ketones (excluding diaryl/α,β-unsaturated/α-hetero) is 1. The van der Waals surface area contributed by atoms with Crippen LogP contribution >= 0.6 is 0 Å². The molecular weight excluding hydrogens is 645 g/mol. The molecule has 266 valence electrons. The van der Waals surface area contributed by atoms with Crippen LogP contribution in [-0.4, -0.2) is 99.2 Å². The molecule has 0 bridgehead atoms. The maximum atomic E-state index is 15.8. The highest BCUT2D eigenvalue weighted by molar-refractivity contribution is 6.00. The molecule has 50 heavy (non-hydrogen) atoms. The van der Waals surface area contributed by atoms with Gasteiger partial charge in [0.1, 0.15) is 24.7 Å². The van der Waals surface area contributed by atoms with Crippen LogP contribution in [0.4, 0.5) is 4.39 Å². The van der Waals surface area contributed by atoms with Gasteiger partial charge in [0, 0.05) is 75.0 Å². The van der Waals surface area contributed by atoms with Gasteiger partial charge in [0.2, 0.25) is 17.7 Å². The number of nitrogens with one attached hydrogen (secondary N) is 1. The van der Waals surface area contributed by atoms with Crippen molar-refractivity contribution in [3.8, 4) is 11.1 Å². The van der Waals surface area contributed by atoms with Crippen LogP contribution in [0.3, 0.4) is 0 Å². The van der Waals surface area contributed by atoms with Crippen LogP contribution in [0.25, 0.3) is 32.9 Å². The van der Waals surface area contributed by atoms with Gasteiger partial charge in [-0.3, -0.25) is 33.3 Å². The predicted octanol–water partition coefficient (Wildman–Crippen LogP) is 3.43. The lowest BCUT2D eigenvalue weighted by Crippen LogP contribution is -2.63. The number of esters is 1. The fraction of sp³-hybridized carbons (Fsp3) is 0.472. The van der Waals surface area contributed by atoms with Crippen LogP contribution in [0.1, 0.15) is 52.6 Å². The van der Waals surface area contributed by atoms with Crippen molar-refractivity contribution in [3.05, 3.63) is 48.0 Å². The first-order chi connectivity index (χ1) is 23.8. The minimum Gasteiger partial charge on any atom is -0.468 e. The summed E-state index contributed by atoms with van der Waals surface area (Å²) in [6, 6.07) is 8.76. The fourth-order valence-electron chi connectivity index (χ4n) is 7.17. The van der Waals surface area contributed by atoms with E-state index in [2.05, 4.69) is 15.2 Å². The zero-order valence-corrected chi connectivity index (χ0v) is 29.0. The van der Waals surface area contributed by atoms with E-state index >= 15 is 4.39 Å². The van der Waals surface area contributed by atoms with Crippen molar-refractivity contribution in [3.63, 3.8) is 0 Å². The molecule has 3 heterocycles. The molecule has 1 saturated heterocycles. The van der Waals surface area contributed by atoms with Crippen molar-refractivity contribution < 1.29 is 34.5 Å². The molecule has 1 spiro atoms. The van der Waals surface area contributed by atoms with E-state index in [4.69, 9.17) is 5.10 Å². The van der Waals surface area contributed by atoms with E-state index in [1.54, 1.807) is 28.7 Å². The van der Waals surface area contributed by atoms with Crippen LogP contribution in [0.2, 0.25) is 0 Å². The number of likely N-dealkylation sites (N-methyl/N-ethyl adjacent to an activating group) is 1. The van der Waals surface area contributed by atoms with Gasteiger partial charge in [0.05, 0.1) is 36.6 Å². The summed E-state index contributed by atoms with van der Waals surface area (Å²) in [6.07, 6.45) is 3.64. The highest BCUT2D eigenvalue weighted by Gasteiger charge is 2.54. The lowest BCUT2D eigenvalue weighted by Gasteiger charge is -2.59. The van der Waals surface area contributed by atoms with Gasteiger partial charge < -0.3 is 19.9 Å². The minimum atomic E-state index is -0.602. The molecule has 0 unspecified atom stereocenters. The normalized spacial score (nSPS) is 15.3. The third kappa shape index (κ3) is 6.70. The molecule has 1 N–H and O–H groups in total. The van der Waals surface area contributed by atoms with Crippen molar-refractivity contribution in [2.75, 3.05) is 40.3 Å². The Hall–Kier alpha value is -5.14. The number of ketones is 1. The van der Waals surface area contributed by atoms with E-state index in [9.17, 15) is 24.0 Å². The van der Waals surface area contributed by atoms with E-state index in [1.165, 1.54) is 25.1 Å². The van der Waals surface area contributed by atoms with Gasteiger partial charge in [-0.15, -0.1) is 0 Å². The highest BCUT2D eigenvalue weighted by atomic mass is 19.1. The number of carbonyl (C=O) groups is 5. The number of halogens is 1. The Morgan fingerprint density at radius 3 is 2.54 bits per heavy atom. The molecule has 1 saturated carbocycles. The Bertz CT molecular complexity index is 2010. The van der Waals surface area contributed by atoms with Crippen molar-refractivity contribution in [2.24, 2.45) is 18.4 Å². The van der Waals surface area contributed by atoms with Gasteiger partial charge in [-0.25, -0.2) is 4.39 Å². The molecule has 3 amide bonds. The van der Waals surface area contributed by atoms with Gasteiger partial charge in [-0.2, -0.15) is 10.2 Å². The zero-order valence-electron chi connectivity index (χ0n) is 29.0. The average molecular weight is 690 g/mol. The van der Waals surface area contributed by atoms with E-state index in [0.29, 0.717) is 35.1 Å². The second kappa shape index (κ2) is 13.6. The number of hydrogen-bond acceptors (Lipinski definition) is 8. The topological polar surface area (TPSA) is 149 Å². The maximum absolute atomic E-state index is 15.8. The van der Waals surface area contributed by atoms with Crippen LogP contribution in [0.15, 0.2) is 36.5 Å². The van der Waals surface area contributed by atoms with Crippen molar-refractivity contribution in [1.29, 1.82) is 0 Å². The number of aromatic nitrogens is 4. The van der Waals surface area contributed by atoms with Crippen LogP contribution in [0.5, 0.6) is 0 Å². The third-order valence-electron chi connectivity index (χ3n) is 10.1. The van der Waals surface area contributed by atoms with E-state index in [1.807, 2.05) is 36.9 Å². The third-order valence-corrected chi connectivity index (χ3v) is 10.1. The lowest BCUT2D eigenvalue weighted by molar-refractivity contribution is -0.152. The molecular formula is C36H44FN7O6. The number of amides is 3. The molecule has 13 nitrogen and oxygen atoms in total. The molecule has 4 aromatic rings. The zero-order chi connectivity index (χ0) is 35.9. The van der Waals surface area contributed by atoms with Crippen molar-refractivity contribution in [1.82, 2.24) is 34.7 Å². The Morgan fingerprint density at radius 1 is 1.10 bits per heavy atom. The molecule has 1 aliphatic carbocycles. The van der Waals surface area contributed by atoms with Crippen LogP contribution in [0, 0.1) is 17.2 Å². The quantitative estimate of drug-likeness (QED) is 0.223. The molecule has 2 aromatic heterocycles.